The van der Waals surface area contributed by atoms with Crippen molar-refractivity contribution in [3.8, 4) is 5.75 Å². The summed E-state index contributed by atoms with van der Waals surface area (Å²) in [6.45, 7) is 1.51. The Balaban J connectivity index is 2.03. The monoisotopic (exact) mass is 319 g/mol. The van der Waals surface area contributed by atoms with Crippen LogP contribution in [-0.2, 0) is 9.59 Å². The Labute approximate surface area is 137 Å². The van der Waals surface area contributed by atoms with E-state index in [0.29, 0.717) is 26.1 Å². The third kappa shape index (κ3) is 5.25. The van der Waals surface area contributed by atoms with Crippen LogP contribution in [0.1, 0.15) is 12.8 Å². The molecule has 2 rings (SSSR count). The van der Waals surface area contributed by atoms with Crippen molar-refractivity contribution in [1.29, 1.82) is 0 Å². The molecule has 126 valence electrons. The van der Waals surface area contributed by atoms with Gasteiger partial charge in [0.25, 0.3) is 0 Å². The van der Waals surface area contributed by atoms with Crippen LogP contribution in [0.5, 0.6) is 5.75 Å². The first-order valence-corrected chi connectivity index (χ1v) is 7.88. The number of hydrogen-bond acceptors (Lipinski definition) is 4. The number of hydrogen-bond donors (Lipinski definition) is 1. The molecule has 1 aliphatic rings. The van der Waals surface area contributed by atoms with Crippen LogP contribution in [0, 0.1) is 5.92 Å². The van der Waals surface area contributed by atoms with Gasteiger partial charge in [-0.25, -0.2) is 0 Å². The topological polar surface area (TPSA) is 75.9 Å². The zero-order valence-electron chi connectivity index (χ0n) is 13.8. The standard InChI is InChI=1S/C17H25N3O3/c1-19(2)12-17(22)20-9-8-15(13(11-20)10-16(18)21)23-14-6-4-3-5-7-14/h3-7,13,15H,8-12H2,1-2H3,(H2,18,21)/t13-,15-/m0/s1. The van der Waals surface area contributed by atoms with E-state index in [1.807, 2.05) is 49.3 Å². The van der Waals surface area contributed by atoms with Gasteiger partial charge in [0, 0.05) is 31.8 Å². The minimum atomic E-state index is -0.362. The lowest BCUT2D eigenvalue weighted by molar-refractivity contribution is -0.136. The molecule has 1 heterocycles. The average molecular weight is 319 g/mol. The van der Waals surface area contributed by atoms with Gasteiger partial charge in [0.15, 0.2) is 0 Å². The van der Waals surface area contributed by atoms with E-state index in [0.717, 1.165) is 5.75 Å². The van der Waals surface area contributed by atoms with Gasteiger partial charge in [-0.1, -0.05) is 18.2 Å². The zero-order valence-corrected chi connectivity index (χ0v) is 13.8. The Morgan fingerprint density at radius 2 is 2.00 bits per heavy atom. The number of nitrogens with two attached hydrogens (primary N) is 1. The van der Waals surface area contributed by atoms with E-state index in [1.165, 1.54) is 0 Å². The summed E-state index contributed by atoms with van der Waals surface area (Å²) in [7, 11) is 3.73. The zero-order chi connectivity index (χ0) is 16.8. The minimum absolute atomic E-state index is 0.0719. The van der Waals surface area contributed by atoms with Crippen LogP contribution in [0.2, 0.25) is 0 Å². The molecule has 1 aromatic carbocycles. The molecule has 0 aromatic heterocycles. The first kappa shape index (κ1) is 17.3. The maximum Gasteiger partial charge on any atom is 0.236 e. The normalized spacial score (nSPS) is 21.3. The molecular formula is C17H25N3O3. The SMILES string of the molecule is CN(C)CC(=O)N1CC[C@H](Oc2ccccc2)[C@@H](CC(N)=O)C1. The number of benzene rings is 1. The number of primary amides is 1. The molecule has 1 fully saturated rings. The van der Waals surface area contributed by atoms with Crippen LogP contribution in [0.25, 0.3) is 0 Å². The van der Waals surface area contributed by atoms with E-state index in [-0.39, 0.29) is 30.3 Å². The molecule has 2 N–H and O–H groups in total. The quantitative estimate of drug-likeness (QED) is 0.838. The number of ether oxygens (including phenoxy) is 1. The number of piperidine rings is 1. The summed E-state index contributed by atoms with van der Waals surface area (Å²) in [5.74, 6) is 0.411. The Morgan fingerprint density at radius 3 is 2.61 bits per heavy atom. The smallest absolute Gasteiger partial charge is 0.236 e. The van der Waals surface area contributed by atoms with Gasteiger partial charge >= 0.3 is 0 Å². The molecule has 0 spiro atoms. The van der Waals surface area contributed by atoms with Gasteiger partial charge in [-0.05, 0) is 26.2 Å². The summed E-state index contributed by atoms with van der Waals surface area (Å²) >= 11 is 0. The Hall–Kier alpha value is -2.08. The fourth-order valence-electron chi connectivity index (χ4n) is 2.89. The number of carbonyl (C=O) groups excluding carboxylic acids is 2. The number of likely N-dealkylation sites (tertiary alicyclic amines) is 1. The van der Waals surface area contributed by atoms with E-state index in [9.17, 15) is 9.59 Å². The van der Waals surface area contributed by atoms with Crippen molar-refractivity contribution in [2.45, 2.75) is 18.9 Å². The number of amides is 2. The van der Waals surface area contributed by atoms with Crippen LogP contribution in [0.4, 0.5) is 0 Å². The maximum atomic E-state index is 12.2. The fraction of sp³-hybridized carbons (Fsp3) is 0.529. The highest BCUT2D eigenvalue weighted by Crippen LogP contribution is 2.25. The van der Waals surface area contributed by atoms with Gasteiger partial charge < -0.3 is 20.3 Å². The predicted molar refractivity (Wildman–Crippen MR) is 87.9 cm³/mol. The molecule has 23 heavy (non-hydrogen) atoms. The van der Waals surface area contributed by atoms with E-state index in [4.69, 9.17) is 10.5 Å². The van der Waals surface area contributed by atoms with Crippen LogP contribution < -0.4 is 10.5 Å². The van der Waals surface area contributed by atoms with Gasteiger partial charge in [-0.2, -0.15) is 0 Å². The van der Waals surface area contributed by atoms with Gasteiger partial charge in [0.1, 0.15) is 11.9 Å². The van der Waals surface area contributed by atoms with Gasteiger partial charge in [-0.15, -0.1) is 0 Å². The summed E-state index contributed by atoms with van der Waals surface area (Å²) in [5, 5.41) is 0. The van der Waals surface area contributed by atoms with Gasteiger partial charge in [0.2, 0.25) is 11.8 Å². The third-order valence-corrected chi connectivity index (χ3v) is 3.96. The van der Waals surface area contributed by atoms with Gasteiger partial charge in [-0.3, -0.25) is 9.59 Å². The van der Waals surface area contributed by atoms with E-state index in [2.05, 4.69) is 0 Å². The molecule has 0 aliphatic carbocycles. The molecule has 6 nitrogen and oxygen atoms in total. The molecule has 1 aliphatic heterocycles. The van der Waals surface area contributed by atoms with E-state index in [1.54, 1.807) is 4.90 Å². The molecule has 6 heteroatoms. The van der Waals surface area contributed by atoms with Crippen LogP contribution in [-0.4, -0.2) is 61.4 Å². The first-order chi connectivity index (χ1) is 11.0. The summed E-state index contributed by atoms with van der Waals surface area (Å²) in [4.78, 5) is 27.3. The molecule has 0 saturated carbocycles. The first-order valence-electron chi connectivity index (χ1n) is 7.88. The molecule has 1 saturated heterocycles. The van der Waals surface area contributed by atoms with Crippen molar-refractivity contribution in [3.63, 3.8) is 0 Å². The Kier molecular flexibility index (Phi) is 5.98. The molecule has 0 bridgehead atoms. The second-order valence-electron chi connectivity index (χ2n) is 6.27. The fourth-order valence-corrected chi connectivity index (χ4v) is 2.89. The summed E-state index contributed by atoms with van der Waals surface area (Å²) in [6, 6.07) is 9.54. The predicted octanol–water partition coefficient (Wildman–Crippen LogP) is 0.719. The number of carbonyl (C=O) groups is 2. The lowest BCUT2D eigenvalue weighted by Gasteiger charge is -2.38. The van der Waals surface area contributed by atoms with Crippen molar-refractivity contribution in [2.24, 2.45) is 11.7 Å². The van der Waals surface area contributed by atoms with Crippen molar-refractivity contribution < 1.29 is 14.3 Å². The Morgan fingerprint density at radius 1 is 1.30 bits per heavy atom. The molecule has 1 aromatic rings. The molecule has 0 radical (unpaired) electrons. The largest absolute Gasteiger partial charge is 0.490 e. The second kappa shape index (κ2) is 7.97. The highest BCUT2D eigenvalue weighted by molar-refractivity contribution is 5.78. The summed E-state index contributed by atoms with van der Waals surface area (Å²) < 4.78 is 6.02. The summed E-state index contributed by atoms with van der Waals surface area (Å²) in [5.41, 5.74) is 5.38. The van der Waals surface area contributed by atoms with Gasteiger partial charge in [0.05, 0.1) is 6.54 Å². The highest BCUT2D eigenvalue weighted by Gasteiger charge is 2.33. The lowest BCUT2D eigenvalue weighted by Crippen LogP contribution is -2.50. The van der Waals surface area contributed by atoms with Crippen molar-refractivity contribution in [3.05, 3.63) is 30.3 Å². The lowest BCUT2D eigenvalue weighted by atomic mass is 9.91. The van der Waals surface area contributed by atoms with Crippen molar-refractivity contribution >= 4 is 11.8 Å². The maximum absolute atomic E-state index is 12.2. The Bertz CT molecular complexity index is 533. The molecule has 0 unspecified atom stereocenters. The molecule has 2 amide bonds. The highest BCUT2D eigenvalue weighted by atomic mass is 16.5. The van der Waals surface area contributed by atoms with Crippen molar-refractivity contribution in [2.75, 3.05) is 33.7 Å². The number of para-hydroxylation sites is 1. The minimum Gasteiger partial charge on any atom is -0.490 e. The van der Waals surface area contributed by atoms with Crippen LogP contribution >= 0.6 is 0 Å². The van der Waals surface area contributed by atoms with E-state index < -0.39 is 0 Å². The number of nitrogens with zero attached hydrogens (tertiary/aromatic N) is 2. The van der Waals surface area contributed by atoms with Crippen molar-refractivity contribution in [1.82, 2.24) is 9.80 Å². The summed E-state index contributed by atoms with van der Waals surface area (Å²) in [6.07, 6.45) is 0.822. The average Bonchev–Trinajstić information content (AvgIpc) is 2.49. The third-order valence-electron chi connectivity index (χ3n) is 3.96. The van der Waals surface area contributed by atoms with E-state index >= 15 is 0 Å². The van der Waals surface area contributed by atoms with Crippen LogP contribution in [0.3, 0.4) is 0 Å². The molecule has 2 atom stereocenters. The number of rotatable bonds is 6. The van der Waals surface area contributed by atoms with Crippen LogP contribution in [0.15, 0.2) is 30.3 Å². The second-order valence-corrected chi connectivity index (χ2v) is 6.27. The molecular weight excluding hydrogens is 294 g/mol. The number of likely N-dealkylation sites (N-methyl/N-ethyl adjacent to an activating group) is 1.